The second-order valence-corrected chi connectivity index (χ2v) is 6.34. The number of nitrogens with one attached hydrogen (secondary N) is 1. The van der Waals surface area contributed by atoms with Crippen LogP contribution in [0, 0.1) is 5.92 Å². The van der Waals surface area contributed by atoms with Crippen LogP contribution < -0.4 is 11.1 Å². The van der Waals surface area contributed by atoms with Crippen LogP contribution in [0.15, 0.2) is 17.3 Å². The lowest BCUT2D eigenvalue weighted by molar-refractivity contribution is 0.318. The number of aromatic nitrogens is 1. The lowest BCUT2D eigenvalue weighted by Gasteiger charge is -2.28. The third-order valence-corrected chi connectivity index (χ3v) is 4.99. The van der Waals surface area contributed by atoms with Crippen molar-refractivity contribution in [2.24, 2.45) is 10.9 Å². The molecule has 1 aliphatic heterocycles. The van der Waals surface area contributed by atoms with Crippen molar-refractivity contribution in [2.45, 2.75) is 65.2 Å². The number of anilines is 1. The molecule has 0 saturated heterocycles. The second kappa shape index (κ2) is 8.90. The molecule has 0 unspecified atom stereocenters. The third kappa shape index (κ3) is 4.46. The Balaban J connectivity index is 0.000000924. The average Bonchev–Trinajstić information content (AvgIpc) is 2.65. The van der Waals surface area contributed by atoms with Gasteiger partial charge < -0.3 is 11.1 Å². The maximum Gasteiger partial charge on any atom is 0.134 e. The summed E-state index contributed by atoms with van der Waals surface area (Å²) < 4.78 is 0. The van der Waals surface area contributed by atoms with E-state index in [0.717, 1.165) is 36.8 Å². The van der Waals surface area contributed by atoms with Gasteiger partial charge >= 0.3 is 0 Å². The van der Waals surface area contributed by atoms with E-state index < -0.39 is 0 Å². The summed E-state index contributed by atoms with van der Waals surface area (Å²) in [7, 11) is 0. The summed E-state index contributed by atoms with van der Waals surface area (Å²) >= 11 is 0. The van der Waals surface area contributed by atoms with Crippen molar-refractivity contribution in [1.82, 2.24) is 10.3 Å². The zero-order chi connectivity index (χ0) is 16.7. The molecular weight excluding hydrogens is 284 g/mol. The zero-order valence-electron chi connectivity index (χ0n) is 14.9. The molecule has 4 heteroatoms. The zero-order valence-corrected chi connectivity index (χ0v) is 14.9. The van der Waals surface area contributed by atoms with Crippen molar-refractivity contribution in [3.05, 3.63) is 23.4 Å². The van der Waals surface area contributed by atoms with E-state index in [1.165, 1.54) is 37.7 Å². The van der Waals surface area contributed by atoms with Crippen molar-refractivity contribution in [2.75, 3.05) is 18.8 Å². The van der Waals surface area contributed by atoms with E-state index in [-0.39, 0.29) is 0 Å². The minimum absolute atomic E-state index is 0.592. The molecule has 2 heterocycles. The van der Waals surface area contributed by atoms with E-state index >= 15 is 0 Å². The van der Waals surface area contributed by atoms with Crippen LogP contribution in [-0.2, 0) is 0 Å². The quantitative estimate of drug-likeness (QED) is 0.882. The fraction of sp³-hybridized carbons (Fsp3) is 0.684. The summed E-state index contributed by atoms with van der Waals surface area (Å²) in [5.74, 6) is 3.08. The maximum absolute atomic E-state index is 6.06. The number of nitrogen functional groups attached to an aromatic ring is 1. The van der Waals surface area contributed by atoms with Gasteiger partial charge in [-0.15, -0.1) is 0 Å². The molecule has 1 aromatic heterocycles. The third-order valence-electron chi connectivity index (χ3n) is 4.99. The van der Waals surface area contributed by atoms with E-state index in [1.807, 2.05) is 20.0 Å². The van der Waals surface area contributed by atoms with Crippen molar-refractivity contribution in [1.29, 1.82) is 0 Å². The average molecular weight is 316 g/mol. The van der Waals surface area contributed by atoms with Gasteiger partial charge in [0.05, 0.1) is 5.56 Å². The standard InChI is InChI=1S/C17H26N4.C2H6/c1-2-12-4-6-13(7-5-12)14-10-15(16(18)21-11-14)17-19-8-3-9-20-17;1-2/h10-13H,2-9H2,1H3,(H2,18,21)(H,19,20);1-2H3. The predicted octanol–water partition coefficient (Wildman–Crippen LogP) is 4.11. The van der Waals surface area contributed by atoms with Gasteiger partial charge in [0.15, 0.2) is 0 Å². The summed E-state index contributed by atoms with van der Waals surface area (Å²) in [5.41, 5.74) is 8.39. The molecule has 2 aliphatic rings. The first-order valence-corrected chi connectivity index (χ1v) is 9.32. The van der Waals surface area contributed by atoms with Crippen LogP contribution in [0.2, 0.25) is 0 Å². The molecule has 23 heavy (non-hydrogen) atoms. The van der Waals surface area contributed by atoms with Crippen LogP contribution in [0.4, 0.5) is 5.82 Å². The van der Waals surface area contributed by atoms with E-state index in [9.17, 15) is 0 Å². The summed E-state index contributed by atoms with van der Waals surface area (Å²) in [6.45, 7) is 8.17. The Hall–Kier alpha value is -1.58. The molecule has 0 radical (unpaired) electrons. The highest BCUT2D eigenvalue weighted by Crippen LogP contribution is 2.37. The molecule has 1 aliphatic carbocycles. The second-order valence-electron chi connectivity index (χ2n) is 6.34. The molecule has 0 amide bonds. The van der Waals surface area contributed by atoms with Gasteiger partial charge in [-0.25, -0.2) is 4.98 Å². The van der Waals surface area contributed by atoms with Crippen molar-refractivity contribution in [3.63, 3.8) is 0 Å². The lowest BCUT2D eigenvalue weighted by Crippen LogP contribution is -2.31. The van der Waals surface area contributed by atoms with Gasteiger partial charge in [-0.3, -0.25) is 4.99 Å². The molecule has 1 aromatic rings. The Labute approximate surface area is 141 Å². The Morgan fingerprint density at radius 2 is 1.96 bits per heavy atom. The van der Waals surface area contributed by atoms with Gasteiger partial charge in [-0.1, -0.05) is 27.2 Å². The van der Waals surface area contributed by atoms with Gasteiger partial charge in [0.2, 0.25) is 0 Å². The van der Waals surface area contributed by atoms with Gasteiger partial charge in [-0.2, -0.15) is 0 Å². The van der Waals surface area contributed by atoms with Crippen LogP contribution in [0.1, 0.15) is 76.3 Å². The Kier molecular flexibility index (Phi) is 6.87. The van der Waals surface area contributed by atoms with Crippen LogP contribution in [0.5, 0.6) is 0 Å². The van der Waals surface area contributed by atoms with E-state index in [4.69, 9.17) is 5.73 Å². The Morgan fingerprint density at radius 1 is 1.22 bits per heavy atom. The Morgan fingerprint density at radius 3 is 2.57 bits per heavy atom. The van der Waals surface area contributed by atoms with Gasteiger partial charge in [0.1, 0.15) is 11.7 Å². The molecule has 3 rings (SSSR count). The minimum atomic E-state index is 0.592. The first-order valence-electron chi connectivity index (χ1n) is 9.32. The molecule has 3 N–H and O–H groups in total. The molecule has 4 nitrogen and oxygen atoms in total. The number of nitrogens with two attached hydrogens (primary N) is 1. The molecule has 128 valence electrons. The lowest BCUT2D eigenvalue weighted by atomic mass is 9.78. The number of amidine groups is 1. The highest BCUT2D eigenvalue weighted by atomic mass is 15.0. The fourth-order valence-corrected chi connectivity index (χ4v) is 3.52. The van der Waals surface area contributed by atoms with Crippen molar-refractivity contribution in [3.8, 4) is 0 Å². The van der Waals surface area contributed by atoms with E-state index in [2.05, 4.69) is 28.3 Å². The van der Waals surface area contributed by atoms with Crippen LogP contribution >= 0.6 is 0 Å². The molecule has 0 bridgehead atoms. The first-order chi connectivity index (χ1) is 11.3. The number of pyridine rings is 1. The number of nitrogens with zero attached hydrogens (tertiary/aromatic N) is 2. The number of aliphatic imine (C=N–C) groups is 1. The van der Waals surface area contributed by atoms with Crippen molar-refractivity contribution < 1.29 is 0 Å². The van der Waals surface area contributed by atoms with Gasteiger partial charge in [0, 0.05) is 19.3 Å². The van der Waals surface area contributed by atoms with Gasteiger partial charge in [-0.05, 0) is 55.6 Å². The minimum Gasteiger partial charge on any atom is -0.383 e. The Bertz CT molecular complexity index is 516. The van der Waals surface area contributed by atoms with Crippen molar-refractivity contribution >= 4 is 11.7 Å². The maximum atomic E-state index is 6.06. The van der Waals surface area contributed by atoms with Gasteiger partial charge in [0.25, 0.3) is 0 Å². The summed E-state index contributed by atoms with van der Waals surface area (Å²) in [5, 5.41) is 3.35. The van der Waals surface area contributed by atoms with Crippen LogP contribution in [0.25, 0.3) is 0 Å². The smallest absolute Gasteiger partial charge is 0.134 e. The molecule has 0 atom stereocenters. The monoisotopic (exact) mass is 316 g/mol. The highest BCUT2D eigenvalue weighted by molar-refractivity contribution is 6.02. The van der Waals surface area contributed by atoms with Crippen LogP contribution in [0.3, 0.4) is 0 Å². The molecule has 1 fully saturated rings. The largest absolute Gasteiger partial charge is 0.383 e. The number of hydrogen-bond acceptors (Lipinski definition) is 4. The SMILES string of the molecule is CC.CCC1CCC(c2cnc(N)c(C3=NCCCN3)c2)CC1. The van der Waals surface area contributed by atoms with Crippen LogP contribution in [-0.4, -0.2) is 23.9 Å². The number of rotatable bonds is 3. The molecule has 1 saturated carbocycles. The number of hydrogen-bond donors (Lipinski definition) is 2. The summed E-state index contributed by atoms with van der Waals surface area (Å²) in [6.07, 6.45) is 9.64. The topological polar surface area (TPSA) is 63.3 Å². The fourth-order valence-electron chi connectivity index (χ4n) is 3.52. The predicted molar refractivity (Wildman–Crippen MR) is 99.0 cm³/mol. The normalized spacial score (nSPS) is 24.0. The summed E-state index contributed by atoms with van der Waals surface area (Å²) in [4.78, 5) is 8.98. The van der Waals surface area contributed by atoms with E-state index in [1.54, 1.807) is 0 Å². The van der Waals surface area contributed by atoms with E-state index in [0.29, 0.717) is 11.7 Å². The summed E-state index contributed by atoms with van der Waals surface area (Å²) in [6, 6.07) is 2.22. The molecule has 0 spiro atoms. The first kappa shape index (κ1) is 17.8. The molecule has 0 aromatic carbocycles. The molecular formula is C19H32N4. The highest BCUT2D eigenvalue weighted by Gasteiger charge is 2.23.